The van der Waals surface area contributed by atoms with Crippen LogP contribution in [0.5, 0.6) is 0 Å². The van der Waals surface area contributed by atoms with Crippen molar-refractivity contribution in [2.24, 2.45) is 0 Å². The fraction of sp³-hybridized carbons (Fsp3) is 0.889. The number of hydrogen-bond donors (Lipinski definition) is 3. The van der Waals surface area contributed by atoms with E-state index in [0.29, 0.717) is 19.6 Å². The van der Waals surface area contributed by atoms with Crippen molar-refractivity contribution in [2.75, 3.05) is 19.8 Å². The fourth-order valence-electron chi connectivity index (χ4n) is 1.29. The third-order valence-corrected chi connectivity index (χ3v) is 2.08. The zero-order valence-corrected chi connectivity index (χ0v) is 8.67. The Morgan fingerprint density at radius 3 is 2.86 bits per heavy atom. The van der Waals surface area contributed by atoms with Crippen molar-refractivity contribution >= 4 is 6.03 Å². The van der Waals surface area contributed by atoms with E-state index in [2.05, 4.69) is 10.6 Å². The average molecular weight is 202 g/mol. The van der Waals surface area contributed by atoms with Crippen LogP contribution in [0.15, 0.2) is 0 Å². The van der Waals surface area contributed by atoms with Crippen molar-refractivity contribution in [3.63, 3.8) is 0 Å². The highest BCUT2D eigenvalue weighted by atomic mass is 16.5. The zero-order valence-electron chi connectivity index (χ0n) is 8.67. The minimum absolute atomic E-state index is 0.101. The van der Waals surface area contributed by atoms with Crippen LogP contribution in [-0.4, -0.2) is 42.5 Å². The maximum Gasteiger partial charge on any atom is 0.315 e. The Bertz CT molecular complexity index is 200. The summed E-state index contributed by atoms with van der Waals surface area (Å²) >= 11 is 0. The van der Waals surface area contributed by atoms with E-state index in [4.69, 9.17) is 4.74 Å². The molecule has 1 atom stereocenters. The van der Waals surface area contributed by atoms with Gasteiger partial charge >= 0.3 is 6.03 Å². The van der Waals surface area contributed by atoms with Gasteiger partial charge in [-0.3, -0.25) is 0 Å². The molecule has 1 fully saturated rings. The molecule has 5 heteroatoms. The second-order valence-electron chi connectivity index (χ2n) is 4.01. The van der Waals surface area contributed by atoms with Gasteiger partial charge in [0.2, 0.25) is 0 Å². The zero-order chi connectivity index (χ0) is 10.6. The Labute approximate surface area is 83.8 Å². The molecule has 0 aromatic heterocycles. The van der Waals surface area contributed by atoms with Crippen LogP contribution in [0.1, 0.15) is 20.3 Å². The normalized spacial score (nSPS) is 26.6. The Morgan fingerprint density at radius 1 is 1.64 bits per heavy atom. The number of rotatable bonds is 3. The standard InChI is InChI=1S/C9H18N2O3/c1-7(2)11-8(12)10-5-9(13)3-4-14-6-9/h7,13H,3-6H2,1-2H3,(H2,10,11,12). The molecular weight excluding hydrogens is 184 g/mol. The first-order valence-electron chi connectivity index (χ1n) is 4.86. The van der Waals surface area contributed by atoms with Gasteiger partial charge in [0.25, 0.3) is 0 Å². The largest absolute Gasteiger partial charge is 0.386 e. The van der Waals surface area contributed by atoms with Gasteiger partial charge in [-0.2, -0.15) is 0 Å². The van der Waals surface area contributed by atoms with Gasteiger partial charge in [-0.25, -0.2) is 4.79 Å². The lowest BCUT2D eigenvalue weighted by molar-refractivity contribution is 0.0291. The number of carbonyl (C=O) groups excluding carboxylic acids is 1. The summed E-state index contributed by atoms with van der Waals surface area (Å²) in [6, 6.07) is -0.148. The molecule has 5 nitrogen and oxygen atoms in total. The van der Waals surface area contributed by atoms with E-state index in [1.54, 1.807) is 0 Å². The van der Waals surface area contributed by atoms with E-state index in [-0.39, 0.29) is 18.6 Å². The highest BCUT2D eigenvalue weighted by Gasteiger charge is 2.32. The van der Waals surface area contributed by atoms with Gasteiger partial charge in [0.15, 0.2) is 0 Å². The summed E-state index contributed by atoms with van der Waals surface area (Å²) in [7, 11) is 0. The lowest BCUT2D eigenvalue weighted by Crippen LogP contribution is -2.48. The first kappa shape index (κ1) is 11.3. The van der Waals surface area contributed by atoms with Gasteiger partial charge in [0, 0.05) is 19.1 Å². The fourth-order valence-corrected chi connectivity index (χ4v) is 1.29. The van der Waals surface area contributed by atoms with Gasteiger partial charge in [0.05, 0.1) is 13.2 Å². The molecule has 0 spiro atoms. The Kier molecular flexibility index (Phi) is 3.71. The van der Waals surface area contributed by atoms with Crippen LogP contribution in [0.3, 0.4) is 0 Å². The predicted octanol–water partition coefficient (Wildman–Crippen LogP) is -0.155. The molecule has 1 saturated heterocycles. The molecule has 14 heavy (non-hydrogen) atoms. The highest BCUT2D eigenvalue weighted by molar-refractivity contribution is 5.74. The summed E-state index contributed by atoms with van der Waals surface area (Å²) in [5.41, 5.74) is -0.881. The molecule has 2 amide bonds. The number of carbonyl (C=O) groups is 1. The van der Waals surface area contributed by atoms with Crippen molar-refractivity contribution in [2.45, 2.75) is 31.9 Å². The molecule has 1 rings (SSSR count). The third kappa shape index (κ3) is 3.51. The molecule has 1 aliphatic heterocycles. The van der Waals surface area contributed by atoms with Crippen LogP contribution in [0.25, 0.3) is 0 Å². The summed E-state index contributed by atoms with van der Waals surface area (Å²) in [5, 5.41) is 15.1. The third-order valence-electron chi connectivity index (χ3n) is 2.08. The van der Waals surface area contributed by atoms with Crippen LogP contribution in [-0.2, 0) is 4.74 Å². The topological polar surface area (TPSA) is 70.6 Å². The SMILES string of the molecule is CC(C)NC(=O)NCC1(O)CCOC1. The number of urea groups is 1. The Morgan fingerprint density at radius 2 is 2.36 bits per heavy atom. The minimum Gasteiger partial charge on any atom is -0.386 e. The van der Waals surface area contributed by atoms with Gasteiger partial charge < -0.3 is 20.5 Å². The summed E-state index contributed by atoms with van der Waals surface area (Å²) in [6.07, 6.45) is 0.578. The summed E-state index contributed by atoms with van der Waals surface area (Å²) < 4.78 is 5.05. The van der Waals surface area contributed by atoms with Crippen LogP contribution < -0.4 is 10.6 Å². The molecule has 1 aliphatic rings. The quantitative estimate of drug-likeness (QED) is 0.596. The van der Waals surface area contributed by atoms with Crippen molar-refractivity contribution in [3.8, 4) is 0 Å². The Balaban J connectivity index is 2.22. The molecule has 0 aromatic rings. The van der Waals surface area contributed by atoms with E-state index < -0.39 is 5.60 Å². The monoisotopic (exact) mass is 202 g/mol. The van der Waals surface area contributed by atoms with Crippen LogP contribution in [0.2, 0.25) is 0 Å². The molecule has 1 unspecified atom stereocenters. The molecular formula is C9H18N2O3. The lowest BCUT2D eigenvalue weighted by Gasteiger charge is -2.21. The molecule has 0 aliphatic carbocycles. The van der Waals surface area contributed by atoms with E-state index in [1.807, 2.05) is 13.8 Å². The molecule has 1 heterocycles. The van der Waals surface area contributed by atoms with Gasteiger partial charge in [-0.1, -0.05) is 0 Å². The first-order valence-corrected chi connectivity index (χ1v) is 4.86. The van der Waals surface area contributed by atoms with Crippen molar-refractivity contribution < 1.29 is 14.6 Å². The van der Waals surface area contributed by atoms with E-state index >= 15 is 0 Å². The van der Waals surface area contributed by atoms with Crippen molar-refractivity contribution in [3.05, 3.63) is 0 Å². The molecule has 0 bridgehead atoms. The number of amides is 2. The van der Waals surface area contributed by atoms with E-state index in [0.717, 1.165) is 0 Å². The number of hydrogen-bond acceptors (Lipinski definition) is 3. The maximum atomic E-state index is 11.2. The second kappa shape index (κ2) is 4.61. The van der Waals surface area contributed by atoms with Crippen LogP contribution in [0.4, 0.5) is 4.79 Å². The summed E-state index contributed by atoms with van der Waals surface area (Å²) in [4.78, 5) is 11.2. The van der Waals surface area contributed by atoms with E-state index in [1.165, 1.54) is 0 Å². The molecule has 0 aromatic carbocycles. The first-order chi connectivity index (χ1) is 6.52. The molecule has 0 radical (unpaired) electrons. The van der Waals surface area contributed by atoms with E-state index in [9.17, 15) is 9.90 Å². The lowest BCUT2D eigenvalue weighted by atomic mass is 10.0. The highest BCUT2D eigenvalue weighted by Crippen LogP contribution is 2.16. The van der Waals surface area contributed by atoms with Gasteiger partial charge in [0.1, 0.15) is 5.60 Å². The van der Waals surface area contributed by atoms with Crippen molar-refractivity contribution in [1.29, 1.82) is 0 Å². The summed E-state index contributed by atoms with van der Waals surface area (Å²) in [5.74, 6) is 0. The number of ether oxygens (including phenoxy) is 1. The Hall–Kier alpha value is -0.810. The van der Waals surface area contributed by atoms with Crippen LogP contribution in [0, 0.1) is 0 Å². The van der Waals surface area contributed by atoms with Gasteiger partial charge in [-0.15, -0.1) is 0 Å². The number of aliphatic hydroxyl groups is 1. The maximum absolute atomic E-state index is 11.2. The predicted molar refractivity (Wildman–Crippen MR) is 52.1 cm³/mol. The van der Waals surface area contributed by atoms with Crippen molar-refractivity contribution in [1.82, 2.24) is 10.6 Å². The molecule has 82 valence electrons. The van der Waals surface area contributed by atoms with Crippen LogP contribution >= 0.6 is 0 Å². The number of nitrogens with one attached hydrogen (secondary N) is 2. The molecule has 3 N–H and O–H groups in total. The second-order valence-corrected chi connectivity index (χ2v) is 4.01. The minimum atomic E-state index is -0.881. The average Bonchev–Trinajstić information content (AvgIpc) is 2.49. The summed E-state index contributed by atoms with van der Waals surface area (Å²) in [6.45, 7) is 4.87. The van der Waals surface area contributed by atoms with Gasteiger partial charge in [-0.05, 0) is 13.8 Å². The smallest absolute Gasteiger partial charge is 0.315 e. The molecule has 0 saturated carbocycles.